The first-order valence-corrected chi connectivity index (χ1v) is 40.0. The number of para-hydroxylation sites is 1. The summed E-state index contributed by atoms with van der Waals surface area (Å²) in [6, 6.07) is -0.506. The van der Waals surface area contributed by atoms with E-state index in [0.29, 0.717) is 29.3 Å². The lowest BCUT2D eigenvalue weighted by molar-refractivity contribution is -0.141. The third-order valence-corrected chi connectivity index (χ3v) is 19.2. The third-order valence-electron chi connectivity index (χ3n) is 18.6. The molecule has 0 aliphatic heterocycles. The molecule has 0 saturated carbocycles. The lowest BCUT2D eigenvalue weighted by Gasteiger charge is -2.29. The molecule has 42 heteroatoms. The Kier molecular flexibility index (Phi) is 46.0. The van der Waals surface area contributed by atoms with Gasteiger partial charge in [0.25, 0.3) is 0 Å². The number of aliphatic carboxylic acids is 1. The zero-order valence-corrected chi connectivity index (χ0v) is 67.4. The SMILES string of the molecule is CN[C@H](CCC(=O)O)C(=O)C(=O)C(CCCNC(=N)N)NC(=O)[C@@H](NC(=O)C(CCCCN)NC(=O)[C@H](CCCNC(=N)N)NC(=O)C(CCSC)NC(=O)[C@H](C)NC(=O)C(CCCNC(=N)N)NC(=O)[C@H](CCCCN)NC(=O)C(Cc1c[nH]c2ccccc12)NC(=O)[C@H](CCC(N)=O)NN[C@@H](Cc1ccccc1)C(N)=O)C(C)C. The number of amides is 11. The van der Waals surface area contributed by atoms with Gasteiger partial charge in [0.1, 0.15) is 60.4 Å². The van der Waals surface area contributed by atoms with Crippen LogP contribution >= 0.6 is 11.8 Å². The summed E-state index contributed by atoms with van der Waals surface area (Å²) in [6.45, 7) is 4.99. The van der Waals surface area contributed by atoms with E-state index in [4.69, 9.17) is 56.4 Å². The highest BCUT2D eigenvalue weighted by atomic mass is 32.2. The average Bonchev–Trinajstić information content (AvgIpc) is 1.70. The van der Waals surface area contributed by atoms with Crippen LogP contribution in [0.25, 0.3) is 10.9 Å². The number of Topliss-reactive ketones (excluding diaryl/α,β-unsaturated/α-hetero) is 2. The molecular weight excluding hydrogens is 1530 g/mol. The zero-order valence-electron chi connectivity index (χ0n) is 66.6. The third kappa shape index (κ3) is 37.5. The molecule has 1 heterocycles. The van der Waals surface area contributed by atoms with E-state index in [1.807, 2.05) is 0 Å². The number of aromatic nitrogens is 1. The number of H-pyrrole nitrogens is 1. The summed E-state index contributed by atoms with van der Waals surface area (Å²) in [5.41, 5.74) is 47.2. The van der Waals surface area contributed by atoms with E-state index in [2.05, 4.69) is 85.0 Å². The molecule has 0 radical (unpaired) electrons. The van der Waals surface area contributed by atoms with Crippen LogP contribution in [0.5, 0.6) is 0 Å². The molecule has 5 unspecified atom stereocenters. The standard InChI is InChI=1S/C74H122N26O15S/c1-41(2)59(71(115)91-48(24-15-34-86-72(79)80)61(105)60(104)47(85-4)28-30-58(102)103)98-68(112)50(23-12-14-33-76)93-66(110)52(26-17-36-88-74(83)84)95-67(111)53(31-37-116-5)92-63(107)42(3)90-64(108)51(25-16-35-87-73(81)82)94-65(109)49(22-11-13-32-75)96-70(114)56(39-44-40-89-46-21-10-9-20-45(44)46)97-69(113)54(27-29-57(77)101)99-100-55(62(78)106)38-43-18-7-6-8-19-43/h6-10,18-21,40-42,47-56,59,85,89,99-100H,11-17,22-39,75-76H2,1-5H3,(H2,77,101)(H2,78,106)(H,90,108)(H,91,115)(H,92,107)(H,93,110)(H,94,109)(H,95,111)(H,96,114)(H,97,113)(H,98,112)(H,102,103)(H4,79,80,86)(H4,81,82,87)(H4,83,84,88)/t42-,47+,48?,49-,50?,51?,52-,53?,54-,55-,56?,59-/m0/s1. The summed E-state index contributed by atoms with van der Waals surface area (Å²) in [7, 11) is 1.36. The molecule has 0 aliphatic rings. The lowest BCUT2D eigenvalue weighted by Crippen LogP contribution is -2.61. The number of benzene rings is 2. The Labute approximate surface area is 678 Å². The maximum atomic E-state index is 14.9. The summed E-state index contributed by atoms with van der Waals surface area (Å²) in [4.78, 5) is 198. The number of rotatable bonds is 60. The molecule has 0 saturated heterocycles. The van der Waals surface area contributed by atoms with Gasteiger partial charge in [-0.1, -0.05) is 62.4 Å². The number of primary amides is 2. The van der Waals surface area contributed by atoms with Gasteiger partial charge in [0, 0.05) is 56.0 Å². The minimum absolute atomic E-state index is 0.0355. The van der Waals surface area contributed by atoms with E-state index < -0.39 is 179 Å². The number of guanidine groups is 3. The minimum Gasteiger partial charge on any atom is -0.481 e. The number of carbonyl (C=O) groups is 14. The number of hydrazine groups is 1. The zero-order chi connectivity index (χ0) is 86.4. The normalized spacial score (nSPS) is 14.2. The molecule has 0 bridgehead atoms. The molecule has 3 rings (SSSR count). The van der Waals surface area contributed by atoms with Gasteiger partial charge >= 0.3 is 5.97 Å². The average molecular weight is 1650 g/mol. The number of hydrogen-bond donors (Lipinski definition) is 27. The second-order valence-corrected chi connectivity index (χ2v) is 29.2. The molecule has 0 aliphatic carbocycles. The number of ketones is 2. The van der Waals surface area contributed by atoms with E-state index in [1.54, 1.807) is 80.9 Å². The van der Waals surface area contributed by atoms with Crippen LogP contribution in [0.1, 0.15) is 141 Å². The number of unbranched alkanes of at least 4 members (excludes halogenated alkanes) is 2. The second kappa shape index (κ2) is 53.9. The van der Waals surface area contributed by atoms with Crippen molar-refractivity contribution in [2.24, 2.45) is 46.1 Å². The van der Waals surface area contributed by atoms with Crippen LogP contribution in [0.15, 0.2) is 60.8 Å². The monoisotopic (exact) mass is 1650 g/mol. The van der Waals surface area contributed by atoms with Gasteiger partial charge in [-0.3, -0.25) is 83.4 Å². The Morgan fingerprint density at radius 2 is 0.853 bits per heavy atom. The highest BCUT2D eigenvalue weighted by Gasteiger charge is 2.38. The van der Waals surface area contributed by atoms with Gasteiger partial charge in [-0.25, -0.2) is 10.9 Å². The molecule has 11 amide bonds. The smallest absolute Gasteiger partial charge is 0.303 e. The number of likely N-dealkylation sites (N-methyl/N-ethyl adjacent to an activating group) is 1. The molecule has 12 atom stereocenters. The van der Waals surface area contributed by atoms with Crippen molar-refractivity contribution in [2.45, 2.75) is 215 Å². The van der Waals surface area contributed by atoms with E-state index in [9.17, 15) is 72.2 Å². The van der Waals surface area contributed by atoms with Gasteiger partial charge in [0.15, 0.2) is 17.9 Å². The summed E-state index contributed by atoms with van der Waals surface area (Å²) in [5.74, 6) is -14.3. The van der Waals surface area contributed by atoms with Crippen LogP contribution in [0.4, 0.5) is 0 Å². The van der Waals surface area contributed by atoms with Crippen LogP contribution in [0, 0.1) is 22.1 Å². The molecule has 34 N–H and O–H groups in total. The highest BCUT2D eigenvalue weighted by Crippen LogP contribution is 2.21. The largest absolute Gasteiger partial charge is 0.481 e. The highest BCUT2D eigenvalue weighted by molar-refractivity contribution is 7.98. The first-order valence-electron chi connectivity index (χ1n) is 38.7. The van der Waals surface area contributed by atoms with Crippen molar-refractivity contribution in [3.8, 4) is 0 Å². The molecule has 0 spiro atoms. The summed E-state index contributed by atoms with van der Waals surface area (Å²) >= 11 is 1.31. The fraction of sp³-hybridized carbons (Fsp3) is 0.581. The fourth-order valence-corrected chi connectivity index (χ4v) is 12.6. The van der Waals surface area contributed by atoms with Gasteiger partial charge in [-0.15, -0.1) is 0 Å². The van der Waals surface area contributed by atoms with Crippen molar-refractivity contribution in [1.29, 1.82) is 16.2 Å². The van der Waals surface area contributed by atoms with Crippen molar-refractivity contribution >= 4 is 123 Å². The number of carboxylic acids is 1. The molecule has 3 aromatic rings. The van der Waals surface area contributed by atoms with Gasteiger partial charge in [0.2, 0.25) is 76.5 Å². The van der Waals surface area contributed by atoms with Crippen molar-refractivity contribution in [3.05, 3.63) is 71.9 Å². The summed E-state index contributed by atoms with van der Waals surface area (Å²) in [5, 5.41) is 67.5. The molecule has 0 fully saturated rings. The van der Waals surface area contributed by atoms with Crippen LogP contribution in [0.2, 0.25) is 0 Å². The quantitative estimate of drug-likeness (QED) is 0.00827. The number of carboxylic acid groups (broad SMARTS) is 1. The molecule has 644 valence electrons. The predicted octanol–water partition coefficient (Wildman–Crippen LogP) is -5.03. The van der Waals surface area contributed by atoms with E-state index in [1.165, 1.54) is 25.7 Å². The maximum Gasteiger partial charge on any atom is 0.303 e. The first kappa shape index (κ1) is 99.1. The van der Waals surface area contributed by atoms with Crippen molar-refractivity contribution < 1.29 is 72.2 Å². The van der Waals surface area contributed by atoms with E-state index >= 15 is 0 Å². The Morgan fingerprint density at radius 3 is 1.33 bits per heavy atom. The van der Waals surface area contributed by atoms with Crippen molar-refractivity contribution in [3.63, 3.8) is 0 Å². The van der Waals surface area contributed by atoms with Gasteiger partial charge in [-0.05, 0) is 165 Å². The van der Waals surface area contributed by atoms with Crippen LogP contribution in [0.3, 0.4) is 0 Å². The van der Waals surface area contributed by atoms with Crippen molar-refractivity contribution in [2.75, 3.05) is 51.8 Å². The summed E-state index contributed by atoms with van der Waals surface area (Å²) in [6.07, 6.45) is 3.09. The Morgan fingerprint density at radius 1 is 0.440 bits per heavy atom. The number of hydrogen-bond acceptors (Lipinski definition) is 23. The Hall–Kier alpha value is -11.1. The minimum atomic E-state index is -1.49. The lowest BCUT2D eigenvalue weighted by atomic mass is 9.95. The Balaban J connectivity index is 1.99. The maximum absolute atomic E-state index is 14.9. The Bertz CT molecular complexity index is 3760. The number of nitrogens with two attached hydrogens (primary N) is 7. The van der Waals surface area contributed by atoms with Crippen LogP contribution in [-0.4, -0.2) is 235 Å². The number of nitrogens with one attached hydrogen (secondary N) is 19. The van der Waals surface area contributed by atoms with Gasteiger partial charge < -0.3 is 119 Å². The fourth-order valence-electron chi connectivity index (χ4n) is 12.1. The van der Waals surface area contributed by atoms with Crippen LogP contribution < -0.4 is 120 Å². The molecule has 2 aromatic carbocycles. The van der Waals surface area contributed by atoms with Crippen LogP contribution in [-0.2, 0) is 80.0 Å². The number of fused-ring (bicyclic) bond motifs is 1. The van der Waals surface area contributed by atoms with Gasteiger partial charge in [0.05, 0.1) is 12.1 Å². The van der Waals surface area contributed by atoms with Gasteiger partial charge in [-0.2, -0.15) is 11.8 Å². The molecular formula is C74H122N26O15S. The van der Waals surface area contributed by atoms with E-state index in [0.717, 1.165) is 5.56 Å². The molecule has 1 aromatic heterocycles. The summed E-state index contributed by atoms with van der Waals surface area (Å²) < 4.78 is 0. The van der Waals surface area contributed by atoms with E-state index in [-0.39, 0.29) is 147 Å². The second-order valence-electron chi connectivity index (χ2n) is 28.2. The van der Waals surface area contributed by atoms with Crippen molar-refractivity contribution in [1.82, 2.24) is 85.0 Å². The number of aromatic amines is 1. The first-order chi connectivity index (χ1) is 55.1. The molecule has 116 heavy (non-hydrogen) atoms. The molecule has 41 nitrogen and oxygen atoms in total. The predicted molar refractivity (Wildman–Crippen MR) is 438 cm³/mol. The number of carbonyl (C=O) groups excluding carboxylic acids is 13. The topological polar surface area (TPSA) is 709 Å². The number of thioether (sulfide) groups is 1.